The maximum Gasteiger partial charge on any atom is 0.258 e. The van der Waals surface area contributed by atoms with Gasteiger partial charge in [0, 0.05) is 23.8 Å². The Labute approximate surface area is 192 Å². The summed E-state index contributed by atoms with van der Waals surface area (Å²) in [5, 5.41) is 0.219. The lowest BCUT2D eigenvalue weighted by molar-refractivity contribution is 0.0981. The summed E-state index contributed by atoms with van der Waals surface area (Å²) in [7, 11) is -2.31. The second-order valence-corrected chi connectivity index (χ2v) is 9.85. The van der Waals surface area contributed by atoms with Gasteiger partial charge in [0.2, 0.25) is 10.0 Å². The molecule has 0 saturated carbocycles. The summed E-state index contributed by atoms with van der Waals surface area (Å²) in [6.45, 7) is 2.09. The van der Waals surface area contributed by atoms with E-state index in [1.165, 1.54) is 25.3 Å². The van der Waals surface area contributed by atoms with Gasteiger partial charge < -0.3 is 9.64 Å². The van der Waals surface area contributed by atoms with Gasteiger partial charge in [0.25, 0.3) is 5.91 Å². The molecule has 0 saturated heterocycles. The molecule has 0 spiro atoms. The number of hydrogen-bond donors (Lipinski definition) is 1. The van der Waals surface area contributed by atoms with E-state index in [4.69, 9.17) is 16.3 Å². The number of benzene rings is 3. The molecule has 1 atom stereocenters. The van der Waals surface area contributed by atoms with Crippen LogP contribution in [0.25, 0.3) is 0 Å². The SMILES string of the molecule is COc1ccc(S(=O)(=O)NCc2ccc3c(c2)N(C(=O)c2ccccc2)[C@H](C)C3)cc1Cl. The number of nitrogens with zero attached hydrogens (tertiary/aromatic N) is 1. The molecule has 0 bridgehead atoms. The molecule has 8 heteroatoms. The summed E-state index contributed by atoms with van der Waals surface area (Å²) in [6.07, 6.45) is 0.754. The van der Waals surface area contributed by atoms with Crippen LogP contribution in [0.1, 0.15) is 28.4 Å². The lowest BCUT2D eigenvalue weighted by Crippen LogP contribution is -2.35. The normalized spacial score (nSPS) is 15.5. The zero-order valence-corrected chi connectivity index (χ0v) is 19.3. The van der Waals surface area contributed by atoms with Gasteiger partial charge in [-0.05, 0) is 60.9 Å². The number of sulfonamides is 1. The van der Waals surface area contributed by atoms with Gasteiger partial charge in [-0.3, -0.25) is 4.79 Å². The zero-order chi connectivity index (χ0) is 22.9. The zero-order valence-electron chi connectivity index (χ0n) is 17.7. The van der Waals surface area contributed by atoms with Crippen LogP contribution < -0.4 is 14.4 Å². The van der Waals surface area contributed by atoms with Crippen molar-refractivity contribution < 1.29 is 17.9 Å². The second kappa shape index (κ2) is 8.94. The number of rotatable bonds is 6. The van der Waals surface area contributed by atoms with Crippen molar-refractivity contribution in [3.05, 3.63) is 88.4 Å². The number of ether oxygens (including phenoxy) is 1. The van der Waals surface area contributed by atoms with E-state index in [-0.39, 0.29) is 28.4 Å². The summed E-state index contributed by atoms with van der Waals surface area (Å²) in [6, 6.07) is 19.2. The van der Waals surface area contributed by atoms with E-state index in [1.54, 1.807) is 17.0 Å². The number of halogens is 1. The Morgan fingerprint density at radius 3 is 2.56 bits per heavy atom. The maximum atomic E-state index is 13.1. The first-order valence-corrected chi connectivity index (χ1v) is 12.0. The molecule has 6 nitrogen and oxygen atoms in total. The minimum atomic E-state index is -3.77. The summed E-state index contributed by atoms with van der Waals surface area (Å²) in [5.74, 6) is 0.337. The lowest BCUT2D eigenvalue weighted by atomic mass is 10.1. The smallest absolute Gasteiger partial charge is 0.258 e. The predicted molar refractivity (Wildman–Crippen MR) is 125 cm³/mol. The van der Waals surface area contributed by atoms with Crippen LogP contribution in [0, 0.1) is 0 Å². The Morgan fingerprint density at radius 2 is 1.88 bits per heavy atom. The van der Waals surface area contributed by atoms with Crippen molar-refractivity contribution in [3.63, 3.8) is 0 Å². The number of amides is 1. The van der Waals surface area contributed by atoms with Crippen LogP contribution in [0.3, 0.4) is 0 Å². The highest BCUT2D eigenvalue weighted by Gasteiger charge is 2.31. The Kier molecular flexibility index (Phi) is 6.24. The molecule has 4 rings (SSSR count). The van der Waals surface area contributed by atoms with Crippen molar-refractivity contribution in [2.75, 3.05) is 12.0 Å². The fourth-order valence-electron chi connectivity index (χ4n) is 3.87. The third-order valence-corrected chi connectivity index (χ3v) is 7.20. The number of nitrogens with one attached hydrogen (secondary N) is 1. The van der Waals surface area contributed by atoms with Crippen LogP contribution in [-0.2, 0) is 23.0 Å². The third-order valence-electron chi connectivity index (χ3n) is 5.50. The first-order chi connectivity index (χ1) is 15.3. The Balaban J connectivity index is 1.55. The quantitative estimate of drug-likeness (QED) is 0.578. The van der Waals surface area contributed by atoms with Gasteiger partial charge >= 0.3 is 0 Å². The molecule has 32 heavy (non-hydrogen) atoms. The summed E-state index contributed by atoms with van der Waals surface area (Å²) in [5.41, 5.74) is 3.26. The molecule has 0 unspecified atom stereocenters. The van der Waals surface area contributed by atoms with Crippen LogP contribution >= 0.6 is 11.6 Å². The van der Waals surface area contributed by atoms with Gasteiger partial charge in [0.05, 0.1) is 17.0 Å². The number of anilines is 1. The standard InChI is InChI=1S/C24H23ClN2O4S/c1-16-12-19-9-8-17(13-22(19)27(16)24(28)18-6-4-3-5-7-18)15-26-32(29,30)20-10-11-23(31-2)21(25)14-20/h3-11,13-14,16,26H,12,15H2,1-2H3/t16-/m1/s1. The molecular weight excluding hydrogens is 448 g/mol. The van der Waals surface area contributed by atoms with Gasteiger partial charge in [0.1, 0.15) is 5.75 Å². The van der Waals surface area contributed by atoms with Gasteiger partial charge in [-0.2, -0.15) is 0 Å². The van der Waals surface area contributed by atoms with Crippen LogP contribution in [0.15, 0.2) is 71.6 Å². The number of fused-ring (bicyclic) bond motifs is 1. The first-order valence-electron chi connectivity index (χ1n) is 10.1. The summed E-state index contributed by atoms with van der Waals surface area (Å²) < 4.78 is 33.1. The average molecular weight is 471 g/mol. The number of methoxy groups -OCH3 is 1. The van der Waals surface area contributed by atoms with Crippen LogP contribution in [-0.4, -0.2) is 27.5 Å². The molecule has 1 N–H and O–H groups in total. The molecule has 1 aliphatic heterocycles. The van der Waals surface area contributed by atoms with Crippen molar-refractivity contribution in [2.24, 2.45) is 0 Å². The molecule has 0 radical (unpaired) electrons. The number of hydrogen-bond acceptors (Lipinski definition) is 4. The maximum absolute atomic E-state index is 13.1. The fraction of sp³-hybridized carbons (Fsp3) is 0.208. The van der Waals surface area contributed by atoms with Gasteiger partial charge in [-0.25, -0.2) is 13.1 Å². The third kappa shape index (κ3) is 4.37. The molecule has 1 aliphatic rings. The monoisotopic (exact) mass is 470 g/mol. The van der Waals surface area contributed by atoms with E-state index < -0.39 is 10.0 Å². The molecule has 0 aliphatic carbocycles. The predicted octanol–water partition coefficient (Wildman–Crippen LogP) is 4.42. The highest BCUT2D eigenvalue weighted by Crippen LogP contribution is 2.34. The molecule has 1 heterocycles. The van der Waals surface area contributed by atoms with E-state index in [1.807, 2.05) is 43.3 Å². The molecule has 1 amide bonds. The highest BCUT2D eigenvalue weighted by molar-refractivity contribution is 7.89. The largest absolute Gasteiger partial charge is 0.495 e. The van der Waals surface area contributed by atoms with E-state index in [9.17, 15) is 13.2 Å². The van der Waals surface area contributed by atoms with Gasteiger partial charge in [-0.15, -0.1) is 0 Å². The molecule has 3 aromatic rings. The molecular formula is C24H23ClN2O4S. The van der Waals surface area contributed by atoms with Crippen molar-refractivity contribution in [2.45, 2.75) is 30.8 Å². The van der Waals surface area contributed by atoms with Crippen molar-refractivity contribution in [3.8, 4) is 5.75 Å². The summed E-state index contributed by atoms with van der Waals surface area (Å²) in [4.78, 5) is 14.9. The molecule has 3 aromatic carbocycles. The average Bonchev–Trinajstić information content (AvgIpc) is 3.12. The fourth-order valence-corrected chi connectivity index (χ4v) is 5.23. The van der Waals surface area contributed by atoms with Crippen LogP contribution in [0.5, 0.6) is 5.75 Å². The van der Waals surface area contributed by atoms with Gasteiger partial charge in [0.15, 0.2) is 0 Å². The van der Waals surface area contributed by atoms with Crippen LogP contribution in [0.2, 0.25) is 5.02 Å². The van der Waals surface area contributed by atoms with E-state index >= 15 is 0 Å². The Hall–Kier alpha value is -2.87. The lowest BCUT2D eigenvalue weighted by Gasteiger charge is -2.23. The number of carbonyl (C=O) groups excluding carboxylic acids is 1. The molecule has 166 valence electrons. The van der Waals surface area contributed by atoms with Crippen molar-refractivity contribution in [1.82, 2.24) is 4.72 Å². The minimum absolute atomic E-state index is 0.0195. The number of carbonyl (C=O) groups is 1. The topological polar surface area (TPSA) is 75.7 Å². The molecule has 0 aromatic heterocycles. The van der Waals surface area contributed by atoms with E-state index in [2.05, 4.69) is 4.72 Å². The minimum Gasteiger partial charge on any atom is -0.495 e. The van der Waals surface area contributed by atoms with Crippen molar-refractivity contribution >= 4 is 33.2 Å². The highest BCUT2D eigenvalue weighted by atomic mass is 35.5. The van der Waals surface area contributed by atoms with E-state index in [0.29, 0.717) is 11.3 Å². The summed E-state index contributed by atoms with van der Waals surface area (Å²) >= 11 is 6.07. The Bertz CT molecular complexity index is 1260. The van der Waals surface area contributed by atoms with E-state index in [0.717, 1.165) is 23.2 Å². The van der Waals surface area contributed by atoms with Gasteiger partial charge in [-0.1, -0.05) is 41.9 Å². The second-order valence-electron chi connectivity index (χ2n) is 7.68. The first kappa shape index (κ1) is 22.3. The van der Waals surface area contributed by atoms with Crippen molar-refractivity contribution in [1.29, 1.82) is 0 Å². The van der Waals surface area contributed by atoms with Crippen LogP contribution in [0.4, 0.5) is 5.69 Å². The molecule has 0 fully saturated rings. The Morgan fingerprint density at radius 1 is 1.12 bits per heavy atom.